The van der Waals surface area contributed by atoms with Crippen LogP contribution in [0.4, 0.5) is 0 Å². The SMILES string of the molecule is NC(=S)c1ccccc1.c1nc2nnncc2[nH]1. The van der Waals surface area contributed by atoms with E-state index in [0.717, 1.165) is 11.1 Å². The fourth-order valence-electron chi connectivity index (χ4n) is 1.23. The number of fused-ring (bicyclic) bond motifs is 1. The molecule has 7 heteroatoms. The van der Waals surface area contributed by atoms with Crippen LogP contribution in [0.25, 0.3) is 11.2 Å². The predicted octanol–water partition coefficient (Wildman–Crippen LogP) is 1.07. The van der Waals surface area contributed by atoms with Gasteiger partial charge in [0.2, 0.25) is 5.65 Å². The number of aromatic nitrogens is 5. The first-order valence-corrected chi connectivity index (χ1v) is 5.50. The molecule has 0 fully saturated rings. The number of hydrogen-bond donors (Lipinski definition) is 2. The van der Waals surface area contributed by atoms with Gasteiger partial charge in [-0.2, -0.15) is 0 Å². The lowest BCUT2D eigenvalue weighted by Crippen LogP contribution is -2.08. The van der Waals surface area contributed by atoms with Crippen LogP contribution < -0.4 is 5.73 Å². The van der Waals surface area contributed by atoms with Crippen molar-refractivity contribution in [2.24, 2.45) is 5.73 Å². The van der Waals surface area contributed by atoms with Crippen LogP contribution in [0.1, 0.15) is 5.56 Å². The third-order valence-corrected chi connectivity index (χ3v) is 2.32. The molecule has 3 N–H and O–H groups in total. The van der Waals surface area contributed by atoms with E-state index in [-0.39, 0.29) is 0 Å². The molecule has 0 bridgehead atoms. The molecule has 6 nitrogen and oxygen atoms in total. The standard InChI is InChI=1S/C7H7NS.C4H3N5/c8-7(9)6-4-2-1-3-5-6;1-3-4(6-2-5-3)8-9-7-1/h1-5H,(H2,8,9);1-2H,(H,5,6,7,8). The van der Waals surface area contributed by atoms with E-state index in [4.69, 9.17) is 18.0 Å². The Hall–Kier alpha value is -2.41. The molecule has 0 radical (unpaired) electrons. The number of hydrogen-bond acceptors (Lipinski definition) is 5. The zero-order valence-electron chi connectivity index (χ0n) is 9.32. The summed E-state index contributed by atoms with van der Waals surface area (Å²) in [6.07, 6.45) is 3.14. The lowest BCUT2D eigenvalue weighted by atomic mass is 10.2. The lowest BCUT2D eigenvalue weighted by Gasteiger charge is -1.92. The number of thiocarbonyl (C=S) groups is 1. The monoisotopic (exact) mass is 258 g/mol. The minimum absolute atomic E-state index is 0.454. The number of H-pyrrole nitrogens is 1. The smallest absolute Gasteiger partial charge is 0.203 e. The van der Waals surface area contributed by atoms with Gasteiger partial charge in [0.25, 0.3) is 0 Å². The summed E-state index contributed by atoms with van der Waals surface area (Å²) in [5.74, 6) is 0. The van der Waals surface area contributed by atoms with Crippen molar-refractivity contribution in [3.63, 3.8) is 0 Å². The number of nitrogens with two attached hydrogens (primary N) is 1. The zero-order chi connectivity index (χ0) is 12.8. The van der Waals surface area contributed by atoms with Crippen LogP contribution in [0.2, 0.25) is 0 Å². The second-order valence-electron chi connectivity index (χ2n) is 3.30. The summed E-state index contributed by atoms with van der Waals surface area (Å²) in [5, 5.41) is 10.6. The maximum absolute atomic E-state index is 5.35. The van der Waals surface area contributed by atoms with Crippen LogP contribution in [0.5, 0.6) is 0 Å². The fraction of sp³-hybridized carbons (Fsp3) is 0. The first kappa shape index (κ1) is 12.1. The molecule has 0 aliphatic carbocycles. The maximum Gasteiger partial charge on any atom is 0.203 e. The van der Waals surface area contributed by atoms with Gasteiger partial charge in [-0.1, -0.05) is 42.5 Å². The van der Waals surface area contributed by atoms with Crippen molar-refractivity contribution in [1.82, 2.24) is 25.4 Å². The number of benzene rings is 1. The first-order valence-electron chi connectivity index (χ1n) is 5.09. The van der Waals surface area contributed by atoms with Gasteiger partial charge in [0.15, 0.2) is 0 Å². The molecule has 3 rings (SSSR count). The van der Waals surface area contributed by atoms with Gasteiger partial charge in [-0.25, -0.2) is 4.98 Å². The largest absolute Gasteiger partial charge is 0.389 e. The van der Waals surface area contributed by atoms with Crippen molar-refractivity contribution in [2.75, 3.05) is 0 Å². The third-order valence-electron chi connectivity index (χ3n) is 2.08. The Morgan fingerprint density at radius 3 is 2.61 bits per heavy atom. The van der Waals surface area contributed by atoms with Gasteiger partial charge in [-0.15, -0.1) is 10.2 Å². The highest BCUT2D eigenvalue weighted by Gasteiger charge is 1.92. The summed E-state index contributed by atoms with van der Waals surface area (Å²) in [6, 6.07) is 9.54. The number of aromatic amines is 1. The van der Waals surface area contributed by atoms with E-state index in [2.05, 4.69) is 25.4 Å². The second kappa shape index (κ2) is 5.78. The average Bonchev–Trinajstić information content (AvgIpc) is 2.89. The molecule has 90 valence electrons. The van der Waals surface area contributed by atoms with Gasteiger partial charge in [-0.05, 0) is 5.21 Å². The molecule has 3 aromatic rings. The summed E-state index contributed by atoms with van der Waals surface area (Å²) in [7, 11) is 0. The van der Waals surface area contributed by atoms with Gasteiger partial charge in [0, 0.05) is 5.56 Å². The maximum atomic E-state index is 5.35. The molecule has 2 heterocycles. The molecule has 0 spiro atoms. The fourth-order valence-corrected chi connectivity index (χ4v) is 1.36. The highest BCUT2D eigenvalue weighted by Crippen LogP contribution is 1.98. The van der Waals surface area contributed by atoms with Crippen molar-refractivity contribution >= 4 is 28.4 Å². The number of nitrogens with one attached hydrogen (secondary N) is 1. The van der Waals surface area contributed by atoms with E-state index in [1.54, 1.807) is 12.5 Å². The van der Waals surface area contributed by atoms with Crippen LogP contribution in [0.3, 0.4) is 0 Å². The molecule has 0 aliphatic rings. The molecule has 0 saturated heterocycles. The molecule has 0 amide bonds. The van der Waals surface area contributed by atoms with Gasteiger partial charge in [0.1, 0.15) is 10.5 Å². The molecule has 2 aromatic heterocycles. The lowest BCUT2D eigenvalue weighted by molar-refractivity contribution is 0.888. The summed E-state index contributed by atoms with van der Waals surface area (Å²) in [4.78, 5) is 7.15. The highest BCUT2D eigenvalue weighted by atomic mass is 32.1. The molecular formula is C11H10N6S. The van der Waals surface area contributed by atoms with Crippen LogP contribution >= 0.6 is 12.2 Å². The molecular weight excluding hydrogens is 248 g/mol. The Morgan fingerprint density at radius 1 is 1.22 bits per heavy atom. The number of rotatable bonds is 1. The Morgan fingerprint density at radius 2 is 2.00 bits per heavy atom. The van der Waals surface area contributed by atoms with E-state index in [9.17, 15) is 0 Å². The van der Waals surface area contributed by atoms with Crippen molar-refractivity contribution in [1.29, 1.82) is 0 Å². The molecule has 0 unspecified atom stereocenters. The van der Waals surface area contributed by atoms with Gasteiger partial charge in [-0.3, -0.25) is 0 Å². The van der Waals surface area contributed by atoms with Crippen LogP contribution in [0.15, 0.2) is 42.9 Å². The number of imidazole rings is 1. The molecule has 0 atom stereocenters. The second-order valence-corrected chi connectivity index (χ2v) is 3.74. The van der Waals surface area contributed by atoms with Crippen LogP contribution in [-0.4, -0.2) is 30.4 Å². The van der Waals surface area contributed by atoms with E-state index < -0.39 is 0 Å². The average molecular weight is 258 g/mol. The topological polar surface area (TPSA) is 93.4 Å². The summed E-state index contributed by atoms with van der Waals surface area (Å²) in [5.41, 5.74) is 7.68. The summed E-state index contributed by atoms with van der Waals surface area (Å²) in [6.45, 7) is 0. The van der Waals surface area contributed by atoms with E-state index in [0.29, 0.717) is 10.6 Å². The Kier molecular flexibility index (Phi) is 3.87. The van der Waals surface area contributed by atoms with Crippen molar-refractivity contribution in [3.8, 4) is 0 Å². The summed E-state index contributed by atoms with van der Waals surface area (Å²) >= 11 is 4.74. The van der Waals surface area contributed by atoms with E-state index >= 15 is 0 Å². The van der Waals surface area contributed by atoms with Gasteiger partial charge >= 0.3 is 0 Å². The highest BCUT2D eigenvalue weighted by molar-refractivity contribution is 7.80. The van der Waals surface area contributed by atoms with Crippen molar-refractivity contribution < 1.29 is 0 Å². The molecule has 0 aliphatic heterocycles. The molecule has 1 aromatic carbocycles. The Bertz CT molecular complexity index is 606. The van der Waals surface area contributed by atoms with Gasteiger partial charge in [0.05, 0.1) is 12.5 Å². The van der Waals surface area contributed by atoms with Crippen molar-refractivity contribution in [3.05, 3.63) is 48.4 Å². The third kappa shape index (κ3) is 3.05. The zero-order valence-corrected chi connectivity index (χ0v) is 10.1. The van der Waals surface area contributed by atoms with Crippen LogP contribution in [-0.2, 0) is 0 Å². The molecule has 18 heavy (non-hydrogen) atoms. The predicted molar refractivity (Wildman–Crippen MR) is 71.8 cm³/mol. The van der Waals surface area contributed by atoms with E-state index in [1.807, 2.05) is 30.3 Å². The first-order chi connectivity index (χ1) is 8.77. The Balaban J connectivity index is 0.000000134. The Labute approximate surface area is 108 Å². The molecule has 0 saturated carbocycles. The minimum atomic E-state index is 0.454. The van der Waals surface area contributed by atoms with E-state index in [1.165, 1.54) is 0 Å². The van der Waals surface area contributed by atoms with Crippen LogP contribution in [0, 0.1) is 0 Å². The quantitative estimate of drug-likeness (QED) is 0.634. The number of nitrogens with zero attached hydrogens (tertiary/aromatic N) is 4. The normalized spacial score (nSPS) is 9.56. The minimum Gasteiger partial charge on any atom is -0.389 e. The summed E-state index contributed by atoms with van der Waals surface area (Å²) < 4.78 is 0. The van der Waals surface area contributed by atoms with Crippen molar-refractivity contribution in [2.45, 2.75) is 0 Å². The van der Waals surface area contributed by atoms with Gasteiger partial charge < -0.3 is 10.7 Å².